The lowest BCUT2D eigenvalue weighted by Crippen LogP contribution is -2.38. The SMILES string of the molecule is CCC(C)CC(=O)N1CC2CCCC(N)C2C1. The summed E-state index contributed by atoms with van der Waals surface area (Å²) < 4.78 is 0. The van der Waals surface area contributed by atoms with Gasteiger partial charge in [-0.25, -0.2) is 0 Å². The van der Waals surface area contributed by atoms with E-state index >= 15 is 0 Å². The van der Waals surface area contributed by atoms with Gasteiger partial charge in [-0.05, 0) is 30.6 Å². The summed E-state index contributed by atoms with van der Waals surface area (Å²) >= 11 is 0. The number of carbonyl (C=O) groups excluding carboxylic acids is 1. The van der Waals surface area contributed by atoms with Crippen LogP contribution in [0.15, 0.2) is 0 Å². The Morgan fingerprint density at radius 3 is 2.82 bits per heavy atom. The van der Waals surface area contributed by atoms with Gasteiger partial charge in [-0.15, -0.1) is 0 Å². The summed E-state index contributed by atoms with van der Waals surface area (Å²) in [5.74, 6) is 2.11. The molecule has 1 aliphatic heterocycles. The number of nitrogens with two attached hydrogens (primary N) is 1. The number of likely N-dealkylation sites (tertiary alicyclic amines) is 1. The molecule has 2 fully saturated rings. The Hall–Kier alpha value is -0.570. The van der Waals surface area contributed by atoms with E-state index in [4.69, 9.17) is 5.73 Å². The fourth-order valence-electron chi connectivity index (χ4n) is 3.29. The molecule has 4 atom stereocenters. The van der Waals surface area contributed by atoms with Crippen molar-refractivity contribution < 1.29 is 4.79 Å². The number of rotatable bonds is 3. The van der Waals surface area contributed by atoms with Gasteiger partial charge in [0.05, 0.1) is 0 Å². The highest BCUT2D eigenvalue weighted by atomic mass is 16.2. The van der Waals surface area contributed by atoms with E-state index in [0.717, 1.165) is 25.9 Å². The maximum Gasteiger partial charge on any atom is 0.222 e. The number of fused-ring (bicyclic) bond motifs is 1. The largest absolute Gasteiger partial charge is 0.342 e. The van der Waals surface area contributed by atoms with Crippen LogP contribution in [0, 0.1) is 17.8 Å². The molecule has 98 valence electrons. The summed E-state index contributed by atoms with van der Waals surface area (Å²) in [6.45, 7) is 6.19. The van der Waals surface area contributed by atoms with Crippen LogP contribution < -0.4 is 5.73 Å². The minimum absolute atomic E-state index is 0.329. The summed E-state index contributed by atoms with van der Waals surface area (Å²) in [6.07, 6.45) is 5.47. The van der Waals surface area contributed by atoms with Crippen LogP contribution in [-0.4, -0.2) is 29.9 Å². The second-order valence-corrected chi connectivity index (χ2v) is 6.03. The summed E-state index contributed by atoms with van der Waals surface area (Å²) in [5, 5.41) is 0. The average molecular weight is 238 g/mol. The molecule has 0 aromatic carbocycles. The van der Waals surface area contributed by atoms with Crippen molar-refractivity contribution in [1.29, 1.82) is 0 Å². The number of amides is 1. The molecule has 1 aliphatic carbocycles. The van der Waals surface area contributed by atoms with Gasteiger partial charge in [0, 0.05) is 25.6 Å². The Labute approximate surface area is 105 Å². The van der Waals surface area contributed by atoms with Gasteiger partial charge in [-0.2, -0.15) is 0 Å². The van der Waals surface area contributed by atoms with E-state index in [9.17, 15) is 4.79 Å². The highest BCUT2D eigenvalue weighted by Crippen LogP contribution is 2.35. The van der Waals surface area contributed by atoms with Crippen LogP contribution in [0.3, 0.4) is 0 Å². The number of nitrogens with zero attached hydrogens (tertiary/aromatic N) is 1. The van der Waals surface area contributed by atoms with Gasteiger partial charge >= 0.3 is 0 Å². The molecule has 1 amide bonds. The first kappa shape index (κ1) is 12.9. The Bertz CT molecular complexity index is 279. The zero-order chi connectivity index (χ0) is 12.4. The van der Waals surface area contributed by atoms with Crippen molar-refractivity contribution in [3.8, 4) is 0 Å². The van der Waals surface area contributed by atoms with Crippen LogP contribution in [-0.2, 0) is 4.79 Å². The number of hydrogen-bond acceptors (Lipinski definition) is 2. The smallest absolute Gasteiger partial charge is 0.222 e. The van der Waals surface area contributed by atoms with Crippen LogP contribution in [0.25, 0.3) is 0 Å². The predicted molar refractivity (Wildman–Crippen MR) is 69.5 cm³/mol. The summed E-state index contributed by atoms with van der Waals surface area (Å²) in [7, 11) is 0. The van der Waals surface area contributed by atoms with E-state index < -0.39 is 0 Å². The minimum atomic E-state index is 0.329. The lowest BCUT2D eigenvalue weighted by Gasteiger charge is -2.29. The minimum Gasteiger partial charge on any atom is -0.342 e. The summed E-state index contributed by atoms with van der Waals surface area (Å²) in [6, 6.07) is 0.329. The molecule has 1 saturated carbocycles. The van der Waals surface area contributed by atoms with E-state index in [1.165, 1.54) is 12.8 Å². The maximum absolute atomic E-state index is 12.1. The lowest BCUT2D eigenvalue weighted by atomic mass is 9.78. The molecule has 0 bridgehead atoms. The Balaban J connectivity index is 1.90. The normalized spacial score (nSPS) is 34.5. The molecule has 17 heavy (non-hydrogen) atoms. The Morgan fingerprint density at radius 1 is 1.41 bits per heavy atom. The van der Waals surface area contributed by atoms with Crippen LogP contribution in [0.2, 0.25) is 0 Å². The van der Waals surface area contributed by atoms with Gasteiger partial charge in [-0.3, -0.25) is 4.79 Å². The first-order valence-corrected chi connectivity index (χ1v) is 7.15. The molecule has 1 heterocycles. The van der Waals surface area contributed by atoms with Crippen LogP contribution >= 0.6 is 0 Å². The van der Waals surface area contributed by atoms with Crippen LogP contribution in [0.1, 0.15) is 46.0 Å². The third-order valence-corrected chi connectivity index (χ3v) is 4.73. The molecule has 3 nitrogen and oxygen atoms in total. The third kappa shape index (κ3) is 2.82. The van der Waals surface area contributed by atoms with E-state index in [2.05, 4.69) is 18.7 Å². The van der Waals surface area contributed by atoms with Gasteiger partial charge in [0.25, 0.3) is 0 Å². The molecule has 2 aliphatic rings. The Kier molecular flexibility index (Phi) is 4.08. The van der Waals surface area contributed by atoms with Crippen LogP contribution in [0.4, 0.5) is 0 Å². The molecule has 1 saturated heterocycles. The standard InChI is InChI=1S/C14H26N2O/c1-3-10(2)7-14(17)16-8-11-5-4-6-13(15)12(11)9-16/h10-13H,3-9,15H2,1-2H3. The molecule has 0 aromatic rings. The number of carbonyl (C=O) groups is 1. The van der Waals surface area contributed by atoms with Crippen molar-refractivity contribution in [1.82, 2.24) is 4.90 Å². The van der Waals surface area contributed by atoms with Crippen molar-refractivity contribution in [3.63, 3.8) is 0 Å². The third-order valence-electron chi connectivity index (χ3n) is 4.73. The highest BCUT2D eigenvalue weighted by Gasteiger charge is 2.40. The lowest BCUT2D eigenvalue weighted by molar-refractivity contribution is -0.131. The van der Waals surface area contributed by atoms with Gasteiger partial charge < -0.3 is 10.6 Å². The maximum atomic E-state index is 12.1. The molecular formula is C14H26N2O. The second-order valence-electron chi connectivity index (χ2n) is 6.03. The van der Waals surface area contributed by atoms with Gasteiger partial charge in [-0.1, -0.05) is 26.7 Å². The molecule has 2 rings (SSSR count). The molecule has 2 N–H and O–H groups in total. The quantitative estimate of drug-likeness (QED) is 0.817. The zero-order valence-electron chi connectivity index (χ0n) is 11.2. The van der Waals surface area contributed by atoms with E-state index in [1.807, 2.05) is 0 Å². The van der Waals surface area contributed by atoms with Gasteiger partial charge in [0.2, 0.25) is 5.91 Å². The van der Waals surface area contributed by atoms with E-state index in [1.54, 1.807) is 0 Å². The second kappa shape index (κ2) is 5.38. The highest BCUT2D eigenvalue weighted by molar-refractivity contribution is 5.76. The predicted octanol–water partition coefficient (Wildman–Crippen LogP) is 2.01. The van der Waals surface area contributed by atoms with Gasteiger partial charge in [0.15, 0.2) is 0 Å². The van der Waals surface area contributed by atoms with Crippen molar-refractivity contribution in [2.24, 2.45) is 23.5 Å². The average Bonchev–Trinajstić information content (AvgIpc) is 2.74. The van der Waals surface area contributed by atoms with Crippen molar-refractivity contribution >= 4 is 5.91 Å². The van der Waals surface area contributed by atoms with Crippen LogP contribution in [0.5, 0.6) is 0 Å². The first-order valence-electron chi connectivity index (χ1n) is 7.15. The Morgan fingerprint density at radius 2 is 2.18 bits per heavy atom. The molecule has 0 radical (unpaired) electrons. The molecular weight excluding hydrogens is 212 g/mol. The molecule has 0 spiro atoms. The van der Waals surface area contributed by atoms with Crippen molar-refractivity contribution in [2.45, 2.75) is 52.0 Å². The van der Waals surface area contributed by atoms with Gasteiger partial charge in [0.1, 0.15) is 0 Å². The van der Waals surface area contributed by atoms with Crippen molar-refractivity contribution in [2.75, 3.05) is 13.1 Å². The molecule has 4 unspecified atom stereocenters. The molecule has 3 heteroatoms. The fourth-order valence-corrected chi connectivity index (χ4v) is 3.29. The molecule has 0 aromatic heterocycles. The number of hydrogen-bond donors (Lipinski definition) is 1. The fraction of sp³-hybridized carbons (Fsp3) is 0.929. The summed E-state index contributed by atoms with van der Waals surface area (Å²) in [5.41, 5.74) is 6.17. The van der Waals surface area contributed by atoms with Crippen molar-refractivity contribution in [3.05, 3.63) is 0 Å². The van der Waals surface area contributed by atoms with E-state index in [0.29, 0.717) is 36.1 Å². The van der Waals surface area contributed by atoms with E-state index in [-0.39, 0.29) is 0 Å². The first-order chi connectivity index (χ1) is 8.11. The monoisotopic (exact) mass is 238 g/mol. The topological polar surface area (TPSA) is 46.3 Å². The summed E-state index contributed by atoms with van der Waals surface area (Å²) in [4.78, 5) is 14.2. The zero-order valence-corrected chi connectivity index (χ0v) is 11.2.